The van der Waals surface area contributed by atoms with Gasteiger partial charge in [-0.2, -0.15) is 0 Å². The lowest BCUT2D eigenvalue weighted by Crippen LogP contribution is -2.54. The Kier molecular flexibility index (Phi) is 5.46. The zero-order valence-electron chi connectivity index (χ0n) is 11.5. The maximum atomic E-state index is 9.99. The molecule has 21 heavy (non-hydrogen) atoms. The van der Waals surface area contributed by atoms with Crippen LogP contribution in [-0.4, -0.2) is 51.6 Å². The first-order valence-electron chi connectivity index (χ1n) is 6.69. The van der Waals surface area contributed by atoms with E-state index in [1.807, 2.05) is 6.07 Å². The monoisotopic (exact) mass is 296 g/mol. The van der Waals surface area contributed by atoms with Gasteiger partial charge in [-0.3, -0.25) is 0 Å². The zero-order valence-corrected chi connectivity index (χ0v) is 11.5. The highest BCUT2D eigenvalue weighted by molar-refractivity contribution is 5.26. The van der Waals surface area contributed by atoms with Gasteiger partial charge >= 0.3 is 0 Å². The van der Waals surface area contributed by atoms with E-state index in [0.717, 1.165) is 5.56 Å². The van der Waals surface area contributed by atoms with Gasteiger partial charge in [-0.1, -0.05) is 30.3 Å². The van der Waals surface area contributed by atoms with Crippen molar-refractivity contribution in [1.82, 2.24) is 0 Å². The fourth-order valence-electron chi connectivity index (χ4n) is 2.26. The minimum atomic E-state index is -1.55. The molecule has 6 nitrogen and oxygen atoms in total. The van der Waals surface area contributed by atoms with Crippen LogP contribution in [0.5, 0.6) is 0 Å². The Balaban J connectivity index is 2.13. The van der Waals surface area contributed by atoms with Crippen LogP contribution in [0.2, 0.25) is 0 Å². The Labute approximate surface area is 122 Å². The van der Waals surface area contributed by atoms with Gasteiger partial charge in [-0.05, 0) is 11.1 Å². The van der Waals surface area contributed by atoms with Gasteiger partial charge in [-0.15, -0.1) is 6.58 Å². The number of hydrogen-bond donors (Lipinski definition) is 4. The Morgan fingerprint density at radius 3 is 2.62 bits per heavy atom. The lowest BCUT2D eigenvalue weighted by molar-refractivity contribution is -0.284. The molecule has 0 aromatic heterocycles. The summed E-state index contributed by atoms with van der Waals surface area (Å²) in [5.41, 5.74) is 1.45. The summed E-state index contributed by atoms with van der Waals surface area (Å²) in [5, 5.41) is 38.7. The second-order valence-electron chi connectivity index (χ2n) is 4.97. The minimum absolute atomic E-state index is 0.371. The summed E-state index contributed by atoms with van der Waals surface area (Å²) >= 11 is 0. The third-order valence-electron chi connectivity index (χ3n) is 3.37. The van der Waals surface area contributed by atoms with Gasteiger partial charge in [0.05, 0.1) is 13.2 Å². The number of aliphatic hydroxyl groups is 4. The summed E-state index contributed by atoms with van der Waals surface area (Å²) < 4.78 is 10.5. The highest BCUT2D eigenvalue weighted by atomic mass is 16.6. The van der Waals surface area contributed by atoms with Crippen LogP contribution in [0.15, 0.2) is 36.9 Å². The normalized spacial score (nSPS) is 32.9. The van der Waals surface area contributed by atoms with Gasteiger partial charge in [0.1, 0.15) is 24.4 Å². The molecule has 5 atom stereocenters. The highest BCUT2D eigenvalue weighted by Crippen LogP contribution is 2.31. The minimum Gasteiger partial charge on any atom is -0.387 e. The predicted molar refractivity (Wildman–Crippen MR) is 74.1 cm³/mol. The average molecular weight is 296 g/mol. The molecule has 1 aromatic carbocycles. The van der Waals surface area contributed by atoms with Crippen molar-refractivity contribution < 1.29 is 29.9 Å². The van der Waals surface area contributed by atoms with Gasteiger partial charge < -0.3 is 29.9 Å². The molecule has 0 saturated carbocycles. The third-order valence-corrected chi connectivity index (χ3v) is 3.37. The molecule has 1 unspecified atom stereocenters. The van der Waals surface area contributed by atoms with Crippen LogP contribution in [0.4, 0.5) is 0 Å². The fourth-order valence-corrected chi connectivity index (χ4v) is 2.26. The molecule has 2 rings (SSSR count). The van der Waals surface area contributed by atoms with Crippen LogP contribution in [0.25, 0.3) is 0 Å². The van der Waals surface area contributed by atoms with Gasteiger partial charge in [0.25, 0.3) is 0 Å². The summed E-state index contributed by atoms with van der Waals surface area (Å²) in [5.74, 6) is 0. The third kappa shape index (κ3) is 3.68. The lowest BCUT2D eigenvalue weighted by atomic mass is 9.93. The van der Waals surface area contributed by atoms with E-state index in [0.29, 0.717) is 18.8 Å². The van der Waals surface area contributed by atoms with Crippen LogP contribution in [0, 0.1) is 0 Å². The molecule has 0 aliphatic carbocycles. The first-order valence-corrected chi connectivity index (χ1v) is 6.69. The maximum Gasteiger partial charge on any atom is 0.184 e. The van der Waals surface area contributed by atoms with Gasteiger partial charge in [0, 0.05) is 0 Å². The van der Waals surface area contributed by atoms with Crippen molar-refractivity contribution in [3.05, 3.63) is 48.0 Å². The maximum absolute atomic E-state index is 9.99. The predicted octanol–water partition coefficient (Wildman–Crippen LogP) is -0.138. The Morgan fingerprint density at radius 1 is 1.14 bits per heavy atom. The molecule has 1 aliphatic heterocycles. The summed E-state index contributed by atoms with van der Waals surface area (Å²) in [6.45, 7) is 4.36. The van der Waals surface area contributed by atoms with Crippen LogP contribution >= 0.6 is 0 Å². The Hall–Kier alpha value is -1.28. The van der Waals surface area contributed by atoms with Crippen molar-refractivity contribution in [2.24, 2.45) is 0 Å². The second kappa shape index (κ2) is 7.13. The standard InChI is InChI=1S/C15H20O6/c1-2-6-20-8-9-4-3-5-10(7-9)14-12(17)11(16)13(18)15(19)21-14/h2-5,7,11-19H,1,6,8H2/t11-,12-,13+,14+,15?/m1/s1. The van der Waals surface area contributed by atoms with E-state index in [4.69, 9.17) is 9.47 Å². The quantitative estimate of drug-likeness (QED) is 0.446. The van der Waals surface area contributed by atoms with Gasteiger partial charge in [0.15, 0.2) is 6.29 Å². The Bertz CT molecular complexity index is 477. The molecular weight excluding hydrogens is 276 g/mol. The van der Waals surface area contributed by atoms with E-state index < -0.39 is 30.7 Å². The van der Waals surface area contributed by atoms with Gasteiger partial charge in [-0.25, -0.2) is 0 Å². The van der Waals surface area contributed by atoms with E-state index in [1.54, 1.807) is 24.3 Å². The van der Waals surface area contributed by atoms with Crippen molar-refractivity contribution in [3.63, 3.8) is 0 Å². The number of rotatable bonds is 5. The average Bonchev–Trinajstić information content (AvgIpc) is 2.49. The van der Waals surface area contributed by atoms with Crippen molar-refractivity contribution in [2.45, 2.75) is 37.3 Å². The molecule has 116 valence electrons. The van der Waals surface area contributed by atoms with Crippen LogP contribution in [-0.2, 0) is 16.1 Å². The number of ether oxygens (including phenoxy) is 2. The largest absolute Gasteiger partial charge is 0.387 e. The van der Waals surface area contributed by atoms with E-state index in [2.05, 4.69) is 6.58 Å². The molecule has 6 heteroatoms. The lowest BCUT2D eigenvalue weighted by Gasteiger charge is -2.38. The van der Waals surface area contributed by atoms with Crippen molar-refractivity contribution >= 4 is 0 Å². The van der Waals surface area contributed by atoms with Crippen LogP contribution in [0.3, 0.4) is 0 Å². The number of hydrogen-bond acceptors (Lipinski definition) is 6. The van der Waals surface area contributed by atoms with E-state index in [-0.39, 0.29) is 0 Å². The molecular formula is C15H20O6. The summed E-state index contributed by atoms with van der Waals surface area (Å²) in [7, 11) is 0. The molecule has 1 saturated heterocycles. The summed E-state index contributed by atoms with van der Waals surface area (Å²) in [6, 6.07) is 7.08. The topological polar surface area (TPSA) is 99.4 Å². The first-order chi connectivity index (χ1) is 10.0. The molecule has 1 heterocycles. The van der Waals surface area contributed by atoms with E-state index in [1.165, 1.54) is 0 Å². The molecule has 1 aromatic rings. The number of aliphatic hydroxyl groups excluding tert-OH is 4. The molecule has 1 fully saturated rings. The fraction of sp³-hybridized carbons (Fsp3) is 0.467. The number of benzene rings is 1. The van der Waals surface area contributed by atoms with Gasteiger partial charge in [0.2, 0.25) is 0 Å². The summed E-state index contributed by atoms with van der Waals surface area (Å²) in [4.78, 5) is 0. The van der Waals surface area contributed by atoms with Crippen molar-refractivity contribution in [2.75, 3.05) is 6.61 Å². The molecule has 0 radical (unpaired) electrons. The highest BCUT2D eigenvalue weighted by Gasteiger charge is 2.43. The SMILES string of the molecule is C=CCOCc1cccc([C@@H]2OC(O)[C@@H](O)[C@H](O)[C@H]2O)c1. The molecule has 4 N–H and O–H groups in total. The van der Waals surface area contributed by atoms with Crippen LogP contribution in [0.1, 0.15) is 17.2 Å². The van der Waals surface area contributed by atoms with E-state index >= 15 is 0 Å². The second-order valence-corrected chi connectivity index (χ2v) is 4.97. The molecule has 0 amide bonds. The molecule has 1 aliphatic rings. The zero-order chi connectivity index (χ0) is 15.4. The molecule has 0 spiro atoms. The molecule has 0 bridgehead atoms. The van der Waals surface area contributed by atoms with Crippen molar-refractivity contribution in [1.29, 1.82) is 0 Å². The first kappa shape index (κ1) is 16.1. The Morgan fingerprint density at radius 2 is 1.90 bits per heavy atom. The van der Waals surface area contributed by atoms with E-state index in [9.17, 15) is 20.4 Å². The summed E-state index contributed by atoms with van der Waals surface area (Å²) in [6.07, 6.45) is -5.15. The van der Waals surface area contributed by atoms with Crippen molar-refractivity contribution in [3.8, 4) is 0 Å². The smallest absolute Gasteiger partial charge is 0.184 e. The van der Waals surface area contributed by atoms with Crippen LogP contribution < -0.4 is 0 Å².